The summed E-state index contributed by atoms with van der Waals surface area (Å²) in [6, 6.07) is 0. The Balaban J connectivity index is 2.35. The van der Waals surface area contributed by atoms with Crippen LogP contribution >= 0.6 is 11.8 Å². The van der Waals surface area contributed by atoms with Gasteiger partial charge in [-0.1, -0.05) is 11.8 Å². The number of rotatable bonds is 0. The molecular weight excluding hydrogens is 172 g/mol. The van der Waals surface area contributed by atoms with Gasteiger partial charge in [-0.2, -0.15) is 0 Å². The van der Waals surface area contributed by atoms with Crippen molar-refractivity contribution in [3.05, 3.63) is 11.8 Å². The van der Waals surface area contributed by atoms with Gasteiger partial charge >= 0.3 is 0 Å². The third-order valence-corrected chi connectivity index (χ3v) is 3.36. The van der Waals surface area contributed by atoms with Crippen molar-refractivity contribution >= 4 is 16.9 Å². The first kappa shape index (κ1) is 8.17. The summed E-state index contributed by atoms with van der Waals surface area (Å²) in [4.78, 5) is 11.1. The molecule has 0 radical (unpaired) electrons. The van der Waals surface area contributed by atoms with E-state index in [9.17, 15) is 4.79 Å². The molecule has 0 bridgehead atoms. The summed E-state index contributed by atoms with van der Waals surface area (Å²) in [5.74, 6) is 0.863. The Bertz CT molecular complexity index is 280. The maximum absolute atomic E-state index is 11.1. The molecule has 2 nitrogen and oxygen atoms in total. The lowest BCUT2D eigenvalue weighted by Crippen LogP contribution is -2.22. The maximum atomic E-state index is 11.1. The summed E-state index contributed by atoms with van der Waals surface area (Å²) in [5.41, 5.74) is -0.103. The highest BCUT2D eigenvalue weighted by molar-refractivity contribution is 8.15. The average Bonchev–Trinajstić information content (AvgIpc) is 2.11. The topological polar surface area (TPSA) is 26.3 Å². The molecular formula is C9H12O2S. The van der Waals surface area contributed by atoms with E-state index >= 15 is 0 Å². The van der Waals surface area contributed by atoms with Crippen LogP contribution in [0.4, 0.5) is 0 Å². The molecule has 12 heavy (non-hydrogen) atoms. The van der Waals surface area contributed by atoms with Crippen LogP contribution in [0.3, 0.4) is 0 Å². The predicted molar refractivity (Wildman–Crippen MR) is 48.9 cm³/mol. The van der Waals surface area contributed by atoms with Crippen LogP contribution < -0.4 is 0 Å². The maximum Gasteiger partial charge on any atom is 0.216 e. The third kappa shape index (κ3) is 1.07. The van der Waals surface area contributed by atoms with Gasteiger partial charge in [-0.3, -0.25) is 4.79 Å². The first-order valence-electron chi connectivity index (χ1n) is 4.06. The number of thioether (sulfide) groups is 1. The Labute approximate surface area is 76.4 Å². The minimum Gasteiger partial charge on any atom is -0.490 e. The summed E-state index contributed by atoms with van der Waals surface area (Å²) in [7, 11) is 0. The fourth-order valence-corrected chi connectivity index (χ4v) is 3.20. The largest absolute Gasteiger partial charge is 0.490 e. The van der Waals surface area contributed by atoms with E-state index in [1.165, 1.54) is 11.8 Å². The first-order chi connectivity index (χ1) is 5.41. The highest BCUT2D eigenvalue weighted by Crippen LogP contribution is 2.52. The molecule has 1 atom stereocenters. The summed E-state index contributed by atoms with van der Waals surface area (Å²) in [6.45, 7) is 6.19. The van der Waals surface area contributed by atoms with E-state index in [-0.39, 0.29) is 15.5 Å². The predicted octanol–water partition coefficient (Wildman–Crippen LogP) is 2.10. The van der Waals surface area contributed by atoms with E-state index in [1.807, 2.05) is 0 Å². The van der Waals surface area contributed by atoms with Gasteiger partial charge in [0.2, 0.25) is 5.12 Å². The second kappa shape index (κ2) is 2.08. The molecule has 0 aromatic carbocycles. The Morgan fingerprint density at radius 3 is 2.75 bits per heavy atom. The molecule has 2 rings (SSSR count). The monoisotopic (exact) mass is 184 g/mol. The van der Waals surface area contributed by atoms with Gasteiger partial charge in [0.05, 0.1) is 4.75 Å². The summed E-state index contributed by atoms with van der Waals surface area (Å²) in [5, 5.41) is 0.128. The molecule has 3 heteroatoms. The lowest BCUT2D eigenvalue weighted by Gasteiger charge is -2.18. The van der Waals surface area contributed by atoms with Gasteiger partial charge < -0.3 is 4.74 Å². The van der Waals surface area contributed by atoms with Crippen molar-refractivity contribution in [1.82, 2.24) is 0 Å². The van der Waals surface area contributed by atoms with Gasteiger partial charge in [0.1, 0.15) is 11.4 Å². The number of ether oxygens (including phenoxy) is 1. The molecule has 1 fully saturated rings. The van der Waals surface area contributed by atoms with Crippen LogP contribution in [-0.2, 0) is 9.53 Å². The second-order valence-corrected chi connectivity index (χ2v) is 5.71. The molecule has 0 aliphatic carbocycles. The number of carbonyl (C=O) groups is 1. The molecule has 1 saturated heterocycles. The Kier molecular flexibility index (Phi) is 1.41. The summed E-state index contributed by atoms with van der Waals surface area (Å²) >= 11 is 1.38. The fraction of sp³-hybridized carbons (Fsp3) is 0.667. The van der Waals surface area contributed by atoms with E-state index in [4.69, 9.17) is 4.74 Å². The lowest BCUT2D eigenvalue weighted by atomic mass is 9.97. The number of carbonyl (C=O) groups excluding carboxylic acids is 1. The van der Waals surface area contributed by atoms with Gasteiger partial charge in [-0.15, -0.1) is 0 Å². The van der Waals surface area contributed by atoms with E-state index in [0.29, 0.717) is 0 Å². The molecule has 0 spiro atoms. The van der Waals surface area contributed by atoms with Gasteiger partial charge in [-0.05, 0) is 20.8 Å². The van der Waals surface area contributed by atoms with Crippen molar-refractivity contribution in [2.45, 2.75) is 37.5 Å². The minimum atomic E-state index is -0.103. The van der Waals surface area contributed by atoms with E-state index in [1.54, 1.807) is 6.08 Å². The molecule has 2 aliphatic rings. The molecule has 1 unspecified atom stereocenters. The van der Waals surface area contributed by atoms with Crippen molar-refractivity contribution in [3.8, 4) is 0 Å². The zero-order valence-electron chi connectivity index (χ0n) is 7.51. The lowest BCUT2D eigenvalue weighted by molar-refractivity contribution is -0.107. The van der Waals surface area contributed by atoms with Crippen LogP contribution in [0.5, 0.6) is 0 Å². The molecule has 0 amide bonds. The van der Waals surface area contributed by atoms with Gasteiger partial charge in [0.15, 0.2) is 0 Å². The number of fused-ring (bicyclic) bond motifs is 1. The van der Waals surface area contributed by atoms with Crippen molar-refractivity contribution in [1.29, 1.82) is 0 Å². The zero-order chi connectivity index (χ0) is 8.98. The van der Waals surface area contributed by atoms with E-state index in [0.717, 1.165) is 12.2 Å². The van der Waals surface area contributed by atoms with Crippen molar-refractivity contribution in [2.24, 2.45) is 0 Å². The number of hydrogen-bond acceptors (Lipinski definition) is 3. The summed E-state index contributed by atoms with van der Waals surface area (Å²) in [6.07, 6.45) is 2.54. The highest BCUT2D eigenvalue weighted by Gasteiger charge is 2.51. The van der Waals surface area contributed by atoms with Crippen molar-refractivity contribution < 1.29 is 9.53 Å². The third-order valence-electron chi connectivity index (χ3n) is 2.25. The van der Waals surface area contributed by atoms with Crippen LogP contribution in [0, 0.1) is 0 Å². The van der Waals surface area contributed by atoms with Crippen molar-refractivity contribution in [2.75, 3.05) is 0 Å². The Morgan fingerprint density at radius 2 is 2.17 bits per heavy atom. The molecule has 0 N–H and O–H groups in total. The first-order valence-corrected chi connectivity index (χ1v) is 4.87. The van der Waals surface area contributed by atoms with Crippen LogP contribution in [-0.4, -0.2) is 15.5 Å². The molecule has 2 heterocycles. The van der Waals surface area contributed by atoms with E-state index < -0.39 is 0 Å². The summed E-state index contributed by atoms with van der Waals surface area (Å²) < 4.78 is 5.58. The Hall–Kier alpha value is -0.440. The van der Waals surface area contributed by atoms with Crippen LogP contribution in [0.25, 0.3) is 0 Å². The standard InChI is InChI=1S/C9H12O2S/c1-8(2)5-9(3)6(11-8)4-7(10)12-9/h4H,5H2,1-3H3. The normalized spacial score (nSPS) is 37.6. The van der Waals surface area contributed by atoms with Gasteiger partial charge in [-0.25, -0.2) is 0 Å². The molecule has 2 aliphatic heterocycles. The molecule has 66 valence electrons. The molecule has 0 aromatic heterocycles. The SMILES string of the molecule is CC1(C)CC2(C)SC(=O)C=C2O1. The second-order valence-electron chi connectivity index (χ2n) is 4.20. The zero-order valence-corrected chi connectivity index (χ0v) is 8.33. The molecule has 0 aromatic rings. The van der Waals surface area contributed by atoms with Crippen LogP contribution in [0.15, 0.2) is 11.8 Å². The Morgan fingerprint density at radius 1 is 1.50 bits per heavy atom. The smallest absolute Gasteiger partial charge is 0.216 e. The van der Waals surface area contributed by atoms with Gasteiger partial charge in [0, 0.05) is 12.5 Å². The highest BCUT2D eigenvalue weighted by atomic mass is 32.2. The number of hydrogen-bond donors (Lipinski definition) is 0. The van der Waals surface area contributed by atoms with E-state index in [2.05, 4.69) is 20.8 Å². The quantitative estimate of drug-likeness (QED) is 0.576. The van der Waals surface area contributed by atoms with Crippen LogP contribution in [0.1, 0.15) is 27.2 Å². The average molecular weight is 184 g/mol. The van der Waals surface area contributed by atoms with Gasteiger partial charge in [0.25, 0.3) is 0 Å². The fourth-order valence-electron chi connectivity index (χ4n) is 1.97. The minimum absolute atomic E-state index is 0.0828. The van der Waals surface area contributed by atoms with Crippen molar-refractivity contribution in [3.63, 3.8) is 0 Å². The van der Waals surface area contributed by atoms with Crippen LogP contribution in [0.2, 0.25) is 0 Å². The molecule has 0 saturated carbocycles.